The first-order valence-electron chi connectivity index (χ1n) is 3.56. The molecule has 1 rings (SSSR count). The summed E-state index contributed by atoms with van der Waals surface area (Å²) in [7, 11) is 0. The van der Waals surface area contributed by atoms with Crippen LogP contribution in [0.15, 0.2) is 10.5 Å². The summed E-state index contributed by atoms with van der Waals surface area (Å²) < 4.78 is 37.4. The van der Waals surface area contributed by atoms with Crippen molar-refractivity contribution in [3.8, 4) is 6.07 Å². The molecular weight excluding hydrogens is 261 g/mol. The van der Waals surface area contributed by atoms with Gasteiger partial charge in [-0.3, -0.25) is 0 Å². The van der Waals surface area contributed by atoms with Crippen LogP contribution in [0.4, 0.5) is 13.2 Å². The van der Waals surface area contributed by atoms with E-state index in [0.717, 1.165) is 0 Å². The van der Waals surface area contributed by atoms with E-state index in [1.807, 2.05) is 0 Å². The van der Waals surface area contributed by atoms with Gasteiger partial charge in [-0.05, 0) is 15.9 Å². The standard InChI is InChI=1S/C8H4BrF3N2/c9-7-4(8(11)12)3-6(10)14-5(7)1-2-13/h3,8H,1H2. The van der Waals surface area contributed by atoms with E-state index in [-0.39, 0.29) is 16.6 Å². The summed E-state index contributed by atoms with van der Waals surface area (Å²) in [5.74, 6) is -1.01. The predicted molar refractivity (Wildman–Crippen MR) is 46.2 cm³/mol. The molecule has 1 heterocycles. The van der Waals surface area contributed by atoms with Crippen LogP contribution in [0.1, 0.15) is 17.7 Å². The minimum Gasteiger partial charge on any atom is -0.223 e. The number of aromatic nitrogens is 1. The Labute approximate surface area is 86.5 Å². The number of hydrogen-bond acceptors (Lipinski definition) is 2. The first kappa shape index (κ1) is 11.0. The second-order valence-corrected chi connectivity index (χ2v) is 3.22. The van der Waals surface area contributed by atoms with Gasteiger partial charge in [0.05, 0.1) is 18.2 Å². The number of rotatable bonds is 2. The van der Waals surface area contributed by atoms with Gasteiger partial charge in [0.2, 0.25) is 5.95 Å². The third kappa shape index (κ3) is 2.23. The van der Waals surface area contributed by atoms with Gasteiger partial charge in [0.15, 0.2) is 0 Å². The van der Waals surface area contributed by atoms with Crippen molar-refractivity contribution in [3.05, 3.63) is 27.7 Å². The van der Waals surface area contributed by atoms with Crippen molar-refractivity contribution in [2.45, 2.75) is 12.8 Å². The van der Waals surface area contributed by atoms with E-state index in [1.165, 1.54) is 0 Å². The number of pyridine rings is 1. The van der Waals surface area contributed by atoms with E-state index in [2.05, 4.69) is 20.9 Å². The molecule has 6 heteroatoms. The van der Waals surface area contributed by atoms with Crippen LogP contribution < -0.4 is 0 Å². The third-order valence-electron chi connectivity index (χ3n) is 1.50. The fourth-order valence-electron chi connectivity index (χ4n) is 0.919. The average Bonchev–Trinajstić information content (AvgIpc) is 2.10. The monoisotopic (exact) mass is 264 g/mol. The zero-order valence-electron chi connectivity index (χ0n) is 6.77. The Kier molecular flexibility index (Phi) is 3.47. The molecule has 1 aromatic heterocycles. The summed E-state index contributed by atoms with van der Waals surface area (Å²) in [5, 5.41) is 8.34. The first-order chi connectivity index (χ1) is 6.56. The Morgan fingerprint density at radius 2 is 2.21 bits per heavy atom. The minimum atomic E-state index is -2.79. The maximum atomic E-state index is 12.7. The van der Waals surface area contributed by atoms with Gasteiger partial charge in [0, 0.05) is 16.1 Å². The van der Waals surface area contributed by atoms with Crippen LogP contribution in [0.25, 0.3) is 0 Å². The molecule has 14 heavy (non-hydrogen) atoms. The summed E-state index contributed by atoms with van der Waals surface area (Å²) in [6, 6.07) is 2.36. The van der Waals surface area contributed by atoms with Gasteiger partial charge in [0.25, 0.3) is 6.43 Å². The quantitative estimate of drug-likeness (QED) is 0.771. The summed E-state index contributed by atoms with van der Waals surface area (Å²) in [6.07, 6.45) is -3.00. The number of hydrogen-bond donors (Lipinski definition) is 0. The molecule has 2 nitrogen and oxygen atoms in total. The Balaban J connectivity index is 3.26. The van der Waals surface area contributed by atoms with Crippen LogP contribution in [-0.2, 0) is 6.42 Å². The van der Waals surface area contributed by atoms with Crippen LogP contribution in [0.2, 0.25) is 0 Å². The normalized spacial score (nSPS) is 10.3. The Bertz CT molecular complexity index is 387. The molecule has 0 radical (unpaired) electrons. The van der Waals surface area contributed by atoms with E-state index in [0.29, 0.717) is 6.07 Å². The number of halogens is 4. The van der Waals surface area contributed by atoms with E-state index in [4.69, 9.17) is 5.26 Å². The van der Waals surface area contributed by atoms with Gasteiger partial charge in [-0.2, -0.15) is 9.65 Å². The van der Waals surface area contributed by atoms with Crippen molar-refractivity contribution in [2.24, 2.45) is 0 Å². The highest BCUT2D eigenvalue weighted by atomic mass is 79.9. The van der Waals surface area contributed by atoms with Gasteiger partial charge in [-0.15, -0.1) is 0 Å². The lowest BCUT2D eigenvalue weighted by Crippen LogP contribution is -1.99. The van der Waals surface area contributed by atoms with Crippen LogP contribution in [0.3, 0.4) is 0 Å². The molecule has 0 atom stereocenters. The van der Waals surface area contributed by atoms with Crippen molar-refractivity contribution < 1.29 is 13.2 Å². The number of nitriles is 1. The molecule has 0 N–H and O–H groups in total. The van der Waals surface area contributed by atoms with E-state index >= 15 is 0 Å². The molecule has 0 amide bonds. The lowest BCUT2D eigenvalue weighted by molar-refractivity contribution is 0.149. The van der Waals surface area contributed by atoms with Gasteiger partial charge in [0.1, 0.15) is 0 Å². The van der Waals surface area contributed by atoms with E-state index < -0.39 is 17.9 Å². The SMILES string of the molecule is N#CCc1nc(F)cc(C(F)F)c1Br. The zero-order valence-corrected chi connectivity index (χ0v) is 8.35. The molecule has 74 valence electrons. The molecule has 0 unspecified atom stereocenters. The van der Waals surface area contributed by atoms with Gasteiger partial charge in [-0.25, -0.2) is 13.8 Å². The molecule has 0 aliphatic rings. The summed E-state index contributed by atoms with van der Waals surface area (Å²) >= 11 is 2.86. The molecule has 0 spiro atoms. The topological polar surface area (TPSA) is 36.7 Å². The van der Waals surface area contributed by atoms with Crippen molar-refractivity contribution in [2.75, 3.05) is 0 Å². The fourth-order valence-corrected chi connectivity index (χ4v) is 1.44. The largest absolute Gasteiger partial charge is 0.265 e. The zero-order chi connectivity index (χ0) is 10.7. The van der Waals surface area contributed by atoms with Gasteiger partial charge < -0.3 is 0 Å². The minimum absolute atomic E-state index is 0.00421. The molecule has 0 bridgehead atoms. The van der Waals surface area contributed by atoms with Gasteiger partial charge in [-0.1, -0.05) is 0 Å². The molecule has 0 aliphatic heterocycles. The Morgan fingerprint density at radius 1 is 1.57 bits per heavy atom. The molecule has 0 saturated heterocycles. The maximum Gasteiger partial charge on any atom is 0.265 e. The lowest BCUT2D eigenvalue weighted by atomic mass is 10.2. The molecule has 0 aromatic carbocycles. The smallest absolute Gasteiger partial charge is 0.223 e. The van der Waals surface area contributed by atoms with Crippen LogP contribution in [0, 0.1) is 17.3 Å². The summed E-state index contributed by atoms with van der Waals surface area (Å²) in [5.41, 5.74) is -0.495. The van der Waals surface area contributed by atoms with Crippen molar-refractivity contribution >= 4 is 15.9 Å². The highest BCUT2D eigenvalue weighted by Gasteiger charge is 2.17. The Morgan fingerprint density at radius 3 is 2.71 bits per heavy atom. The first-order valence-corrected chi connectivity index (χ1v) is 4.35. The maximum absolute atomic E-state index is 12.7. The molecule has 0 aliphatic carbocycles. The molecule has 0 saturated carbocycles. The van der Waals surface area contributed by atoms with Crippen LogP contribution >= 0.6 is 15.9 Å². The second-order valence-electron chi connectivity index (χ2n) is 2.43. The molecular formula is C8H4BrF3N2. The summed E-state index contributed by atoms with van der Waals surface area (Å²) in [4.78, 5) is 3.34. The number of nitrogens with zero attached hydrogens (tertiary/aromatic N) is 2. The van der Waals surface area contributed by atoms with Crippen molar-refractivity contribution in [1.82, 2.24) is 4.98 Å². The van der Waals surface area contributed by atoms with Crippen molar-refractivity contribution in [1.29, 1.82) is 5.26 Å². The van der Waals surface area contributed by atoms with E-state index in [1.54, 1.807) is 6.07 Å². The summed E-state index contributed by atoms with van der Waals surface area (Å²) in [6.45, 7) is 0. The fraction of sp³-hybridized carbons (Fsp3) is 0.250. The Hall–Kier alpha value is -1.09. The molecule has 1 aromatic rings. The number of alkyl halides is 2. The predicted octanol–water partition coefficient (Wildman–Crippen LogP) is 2.99. The third-order valence-corrected chi connectivity index (χ3v) is 2.42. The van der Waals surface area contributed by atoms with E-state index in [9.17, 15) is 13.2 Å². The van der Waals surface area contributed by atoms with Gasteiger partial charge >= 0.3 is 0 Å². The van der Waals surface area contributed by atoms with Crippen LogP contribution in [0.5, 0.6) is 0 Å². The van der Waals surface area contributed by atoms with Crippen molar-refractivity contribution in [3.63, 3.8) is 0 Å². The lowest BCUT2D eigenvalue weighted by Gasteiger charge is -2.06. The van der Waals surface area contributed by atoms with Crippen LogP contribution in [-0.4, -0.2) is 4.98 Å². The highest BCUT2D eigenvalue weighted by Crippen LogP contribution is 2.29. The average molecular weight is 265 g/mol. The second kappa shape index (κ2) is 4.42. The highest BCUT2D eigenvalue weighted by molar-refractivity contribution is 9.10. The molecule has 0 fully saturated rings.